The smallest absolute Gasteiger partial charge is 0.235 e. The van der Waals surface area contributed by atoms with Crippen molar-refractivity contribution in [1.29, 1.82) is 0 Å². The number of amides is 1. The topological polar surface area (TPSA) is 67.0 Å². The maximum atomic E-state index is 12.7. The van der Waals surface area contributed by atoms with E-state index < -0.39 is 5.41 Å². The van der Waals surface area contributed by atoms with E-state index in [1.807, 2.05) is 25.1 Å². The van der Waals surface area contributed by atoms with Crippen molar-refractivity contribution < 1.29 is 9.53 Å². The highest BCUT2D eigenvalue weighted by Crippen LogP contribution is 2.65. The zero-order valence-corrected chi connectivity index (χ0v) is 13.5. The van der Waals surface area contributed by atoms with Gasteiger partial charge in [0.2, 0.25) is 5.91 Å². The van der Waals surface area contributed by atoms with Crippen LogP contribution in [0.4, 0.5) is 5.69 Å². The number of nitrogens with one attached hydrogen (secondary N) is 2. The Labute approximate surface area is 139 Å². The lowest BCUT2D eigenvalue weighted by molar-refractivity contribution is -0.118. The zero-order valence-electron chi connectivity index (χ0n) is 13.5. The van der Waals surface area contributed by atoms with Crippen LogP contribution in [-0.2, 0) is 10.2 Å². The van der Waals surface area contributed by atoms with Crippen molar-refractivity contribution in [2.45, 2.75) is 24.7 Å². The predicted molar refractivity (Wildman–Crippen MR) is 91.5 cm³/mol. The molecule has 5 nitrogen and oxygen atoms in total. The Balaban J connectivity index is 1.60. The Morgan fingerprint density at radius 1 is 1.25 bits per heavy atom. The van der Waals surface area contributed by atoms with Crippen molar-refractivity contribution >= 4 is 22.5 Å². The largest absolute Gasteiger partial charge is 0.497 e. The number of anilines is 1. The number of ether oxygens (including phenoxy) is 1. The summed E-state index contributed by atoms with van der Waals surface area (Å²) in [5.74, 6) is 1.07. The molecule has 1 amide bonds. The van der Waals surface area contributed by atoms with Gasteiger partial charge >= 0.3 is 0 Å². The van der Waals surface area contributed by atoms with Crippen molar-refractivity contribution in [1.82, 2.24) is 10.2 Å². The van der Waals surface area contributed by atoms with E-state index in [9.17, 15) is 4.79 Å². The lowest BCUT2D eigenvalue weighted by atomic mass is 9.91. The molecule has 0 bridgehead atoms. The van der Waals surface area contributed by atoms with E-state index in [0.717, 1.165) is 40.0 Å². The number of hydrogen-bond donors (Lipinski definition) is 2. The lowest BCUT2D eigenvalue weighted by Crippen LogP contribution is -2.21. The van der Waals surface area contributed by atoms with Gasteiger partial charge in [0, 0.05) is 17.0 Å². The highest BCUT2D eigenvalue weighted by atomic mass is 16.5. The molecule has 0 saturated heterocycles. The van der Waals surface area contributed by atoms with Crippen molar-refractivity contribution in [3.63, 3.8) is 0 Å². The van der Waals surface area contributed by atoms with Gasteiger partial charge in [0.05, 0.1) is 23.7 Å². The van der Waals surface area contributed by atoms with Crippen LogP contribution in [0.25, 0.3) is 10.9 Å². The number of carbonyl (C=O) groups is 1. The van der Waals surface area contributed by atoms with E-state index in [4.69, 9.17) is 4.74 Å². The molecule has 0 radical (unpaired) electrons. The van der Waals surface area contributed by atoms with E-state index in [2.05, 4.69) is 33.7 Å². The molecule has 24 heavy (non-hydrogen) atoms. The van der Waals surface area contributed by atoms with Crippen LogP contribution in [0.5, 0.6) is 5.75 Å². The van der Waals surface area contributed by atoms with E-state index in [0.29, 0.717) is 0 Å². The first kappa shape index (κ1) is 13.6. The van der Waals surface area contributed by atoms with Gasteiger partial charge in [-0.15, -0.1) is 0 Å². The van der Waals surface area contributed by atoms with Crippen LogP contribution < -0.4 is 10.1 Å². The maximum Gasteiger partial charge on any atom is 0.235 e. The summed E-state index contributed by atoms with van der Waals surface area (Å²) in [7, 11) is 1.65. The number of hydrogen-bond acceptors (Lipinski definition) is 3. The van der Waals surface area contributed by atoms with E-state index in [1.54, 1.807) is 7.11 Å². The monoisotopic (exact) mass is 319 g/mol. The summed E-state index contributed by atoms with van der Waals surface area (Å²) in [5, 5.41) is 11.5. The molecule has 2 heterocycles. The number of aromatic amines is 1. The molecule has 2 N–H and O–H groups in total. The van der Waals surface area contributed by atoms with Crippen LogP contribution in [0.1, 0.15) is 29.2 Å². The van der Waals surface area contributed by atoms with Crippen LogP contribution in [-0.4, -0.2) is 23.2 Å². The van der Waals surface area contributed by atoms with Crippen molar-refractivity contribution in [3.8, 4) is 5.75 Å². The Bertz CT molecular complexity index is 1010. The molecule has 1 fully saturated rings. The van der Waals surface area contributed by atoms with Gasteiger partial charge in [-0.25, -0.2) is 0 Å². The standard InChI is InChI=1S/C19H17N3O2/c1-10-13-5-3-11(7-17(13)22-21-10)15-9-19(15)14-8-12(24-2)4-6-16(14)20-18(19)23/h3-8,15H,9H2,1-2H3,(H,20,23)(H,21,22)/t15-,19-/m0/s1. The SMILES string of the molecule is COc1ccc2c(c1)[C@]1(C[C@H]1c1ccc3c(C)n[nH]c3c1)C(=O)N2. The Morgan fingerprint density at radius 2 is 2.12 bits per heavy atom. The normalized spacial score (nSPS) is 24.2. The number of aryl methyl sites for hydroxylation is 1. The quantitative estimate of drug-likeness (QED) is 0.762. The molecule has 1 aliphatic heterocycles. The molecular weight excluding hydrogens is 302 g/mol. The second kappa shape index (κ2) is 4.38. The van der Waals surface area contributed by atoms with Gasteiger partial charge in [-0.3, -0.25) is 9.89 Å². The molecule has 1 saturated carbocycles. The second-order valence-electron chi connectivity index (χ2n) is 6.71. The van der Waals surface area contributed by atoms with Gasteiger partial charge < -0.3 is 10.1 Å². The number of benzene rings is 2. The molecule has 5 heteroatoms. The fourth-order valence-electron chi connectivity index (χ4n) is 4.09. The third kappa shape index (κ3) is 1.59. The first-order valence-corrected chi connectivity index (χ1v) is 8.08. The molecule has 120 valence electrons. The van der Waals surface area contributed by atoms with Crippen LogP contribution in [0.15, 0.2) is 36.4 Å². The summed E-state index contributed by atoms with van der Waals surface area (Å²) < 4.78 is 5.34. The summed E-state index contributed by atoms with van der Waals surface area (Å²) in [6.07, 6.45) is 0.831. The predicted octanol–water partition coefficient (Wildman–Crippen LogP) is 3.26. The molecule has 0 unspecified atom stereocenters. The molecule has 3 aromatic rings. The van der Waals surface area contributed by atoms with Gasteiger partial charge in [0.25, 0.3) is 0 Å². The van der Waals surface area contributed by atoms with Gasteiger partial charge in [-0.1, -0.05) is 12.1 Å². The fraction of sp³-hybridized carbons (Fsp3) is 0.263. The van der Waals surface area contributed by atoms with Crippen molar-refractivity contribution in [2.24, 2.45) is 0 Å². The molecule has 1 aliphatic carbocycles. The number of H-pyrrole nitrogens is 1. The lowest BCUT2D eigenvalue weighted by Gasteiger charge is -2.10. The average molecular weight is 319 g/mol. The zero-order chi connectivity index (χ0) is 16.5. The van der Waals surface area contributed by atoms with Crippen LogP contribution in [0.3, 0.4) is 0 Å². The Hall–Kier alpha value is -2.82. The summed E-state index contributed by atoms with van der Waals surface area (Å²) in [4.78, 5) is 12.7. The van der Waals surface area contributed by atoms with Crippen LogP contribution in [0, 0.1) is 6.92 Å². The van der Waals surface area contributed by atoms with Crippen molar-refractivity contribution in [3.05, 3.63) is 53.2 Å². The highest BCUT2D eigenvalue weighted by molar-refractivity contribution is 6.10. The Morgan fingerprint density at radius 3 is 2.96 bits per heavy atom. The molecule has 2 aliphatic rings. The third-order valence-corrected chi connectivity index (χ3v) is 5.50. The average Bonchev–Trinajstić information content (AvgIpc) is 3.17. The van der Waals surface area contributed by atoms with Gasteiger partial charge in [0.15, 0.2) is 0 Å². The van der Waals surface area contributed by atoms with E-state index >= 15 is 0 Å². The molecule has 2 aromatic carbocycles. The number of fused-ring (bicyclic) bond motifs is 3. The van der Waals surface area contributed by atoms with E-state index in [-0.39, 0.29) is 11.8 Å². The molecular formula is C19H17N3O2. The number of rotatable bonds is 2. The van der Waals surface area contributed by atoms with Gasteiger partial charge in [0.1, 0.15) is 5.75 Å². The van der Waals surface area contributed by atoms with E-state index in [1.165, 1.54) is 5.56 Å². The second-order valence-corrected chi connectivity index (χ2v) is 6.71. The van der Waals surface area contributed by atoms with Crippen LogP contribution >= 0.6 is 0 Å². The molecule has 2 atom stereocenters. The number of nitrogens with zero attached hydrogens (tertiary/aromatic N) is 1. The number of carbonyl (C=O) groups excluding carboxylic acids is 1. The minimum Gasteiger partial charge on any atom is -0.497 e. The summed E-state index contributed by atoms with van der Waals surface area (Å²) >= 11 is 0. The third-order valence-electron chi connectivity index (χ3n) is 5.50. The summed E-state index contributed by atoms with van der Waals surface area (Å²) in [6.45, 7) is 1.99. The fourth-order valence-corrected chi connectivity index (χ4v) is 4.09. The molecule has 5 rings (SSSR count). The van der Waals surface area contributed by atoms with Gasteiger partial charge in [-0.2, -0.15) is 5.10 Å². The minimum absolute atomic E-state index is 0.0941. The van der Waals surface area contributed by atoms with Crippen LogP contribution in [0.2, 0.25) is 0 Å². The van der Waals surface area contributed by atoms with Gasteiger partial charge in [-0.05, 0) is 48.7 Å². The van der Waals surface area contributed by atoms with Crippen molar-refractivity contribution in [2.75, 3.05) is 12.4 Å². The first-order valence-electron chi connectivity index (χ1n) is 8.08. The maximum absolute atomic E-state index is 12.7. The first-order chi connectivity index (χ1) is 11.6. The minimum atomic E-state index is -0.452. The number of methoxy groups -OCH3 is 1. The molecule has 1 aromatic heterocycles. The number of aromatic nitrogens is 2. The molecule has 1 spiro atoms. The summed E-state index contributed by atoms with van der Waals surface area (Å²) in [5.41, 5.74) is 4.70. The summed E-state index contributed by atoms with van der Waals surface area (Å²) in [6, 6.07) is 12.1. The Kier molecular flexibility index (Phi) is 2.48. The highest BCUT2D eigenvalue weighted by Gasteiger charge is 2.65.